The third-order valence-electron chi connectivity index (χ3n) is 4.30. The van der Waals surface area contributed by atoms with Gasteiger partial charge in [-0.3, -0.25) is 0 Å². The number of imidazole rings is 1. The Bertz CT molecular complexity index is 583. The predicted molar refractivity (Wildman–Crippen MR) is 83.7 cm³/mol. The maximum absolute atomic E-state index is 4.51. The van der Waals surface area contributed by atoms with Crippen LogP contribution in [-0.4, -0.2) is 9.55 Å². The lowest BCUT2D eigenvalue weighted by atomic mass is 10.1. The van der Waals surface area contributed by atoms with Crippen molar-refractivity contribution in [1.29, 1.82) is 0 Å². The first-order valence-electron chi connectivity index (χ1n) is 7.53. The molecule has 0 radical (unpaired) electrons. The van der Waals surface area contributed by atoms with Crippen LogP contribution in [-0.2, 0) is 0 Å². The van der Waals surface area contributed by atoms with Gasteiger partial charge in [-0.2, -0.15) is 0 Å². The molecular formula is C17H23N3. The molecule has 0 spiro atoms. The second-order valence-electron chi connectivity index (χ2n) is 6.00. The summed E-state index contributed by atoms with van der Waals surface area (Å²) in [5, 5.41) is 3.55. The predicted octanol–water partition coefficient (Wildman–Crippen LogP) is 4.67. The van der Waals surface area contributed by atoms with Crippen molar-refractivity contribution in [1.82, 2.24) is 9.55 Å². The van der Waals surface area contributed by atoms with Gasteiger partial charge in [-0.15, -0.1) is 0 Å². The highest BCUT2D eigenvalue weighted by Crippen LogP contribution is 2.33. The van der Waals surface area contributed by atoms with E-state index in [0.29, 0.717) is 6.04 Å². The number of anilines is 2. The molecule has 20 heavy (non-hydrogen) atoms. The van der Waals surface area contributed by atoms with E-state index in [-0.39, 0.29) is 0 Å². The SMILES string of the molecule is Cc1cc(C)c(Nc2nccn2C2CCCC2)c(C)c1. The molecule has 3 nitrogen and oxygen atoms in total. The summed E-state index contributed by atoms with van der Waals surface area (Å²) in [5.74, 6) is 0.979. The molecule has 1 N–H and O–H groups in total. The minimum atomic E-state index is 0.617. The number of aryl methyl sites for hydroxylation is 3. The third kappa shape index (κ3) is 2.45. The summed E-state index contributed by atoms with van der Waals surface area (Å²) in [6.07, 6.45) is 9.24. The van der Waals surface area contributed by atoms with E-state index < -0.39 is 0 Å². The van der Waals surface area contributed by atoms with Gasteiger partial charge in [0.15, 0.2) is 0 Å². The standard InChI is InChI=1S/C17H23N3/c1-12-10-13(2)16(14(3)11-12)19-17-18-8-9-20(17)15-6-4-5-7-15/h8-11,15H,4-7H2,1-3H3,(H,18,19). The van der Waals surface area contributed by atoms with Crippen LogP contribution in [0.2, 0.25) is 0 Å². The highest BCUT2D eigenvalue weighted by Gasteiger charge is 2.19. The van der Waals surface area contributed by atoms with Crippen molar-refractivity contribution >= 4 is 11.6 Å². The summed E-state index contributed by atoms with van der Waals surface area (Å²) < 4.78 is 2.31. The lowest BCUT2D eigenvalue weighted by Crippen LogP contribution is -2.09. The second kappa shape index (κ2) is 5.31. The Morgan fingerprint density at radius 1 is 1.10 bits per heavy atom. The van der Waals surface area contributed by atoms with Gasteiger partial charge in [0, 0.05) is 24.1 Å². The maximum Gasteiger partial charge on any atom is 0.207 e. The van der Waals surface area contributed by atoms with Crippen molar-refractivity contribution in [3.8, 4) is 0 Å². The molecule has 3 heteroatoms. The Hall–Kier alpha value is -1.77. The van der Waals surface area contributed by atoms with Crippen LogP contribution in [0.5, 0.6) is 0 Å². The minimum absolute atomic E-state index is 0.617. The highest BCUT2D eigenvalue weighted by atomic mass is 15.2. The molecule has 1 saturated carbocycles. The van der Waals surface area contributed by atoms with Crippen LogP contribution in [0.15, 0.2) is 24.5 Å². The molecule has 0 saturated heterocycles. The number of aromatic nitrogens is 2. The lowest BCUT2D eigenvalue weighted by molar-refractivity contribution is 0.525. The largest absolute Gasteiger partial charge is 0.325 e. The molecule has 2 aromatic rings. The zero-order valence-corrected chi connectivity index (χ0v) is 12.6. The fourth-order valence-electron chi connectivity index (χ4n) is 3.38. The number of nitrogens with zero attached hydrogens (tertiary/aromatic N) is 2. The first kappa shape index (κ1) is 13.2. The Kier molecular flexibility index (Phi) is 3.51. The van der Waals surface area contributed by atoms with Gasteiger partial charge >= 0.3 is 0 Å². The molecule has 0 unspecified atom stereocenters. The molecule has 3 rings (SSSR count). The first-order chi connectivity index (χ1) is 9.65. The topological polar surface area (TPSA) is 29.9 Å². The summed E-state index contributed by atoms with van der Waals surface area (Å²) in [6, 6.07) is 5.06. The van der Waals surface area contributed by atoms with Crippen LogP contribution in [0, 0.1) is 20.8 Å². The molecule has 106 valence electrons. The fraction of sp³-hybridized carbons (Fsp3) is 0.471. The normalized spacial score (nSPS) is 15.8. The molecule has 1 aliphatic carbocycles. The van der Waals surface area contributed by atoms with Gasteiger partial charge in [0.2, 0.25) is 5.95 Å². The van der Waals surface area contributed by atoms with Crippen LogP contribution < -0.4 is 5.32 Å². The van der Waals surface area contributed by atoms with Gasteiger partial charge in [0.05, 0.1) is 0 Å². The van der Waals surface area contributed by atoms with Crippen LogP contribution >= 0.6 is 0 Å². The molecule has 1 aromatic heterocycles. The van der Waals surface area contributed by atoms with E-state index in [4.69, 9.17) is 0 Å². The van der Waals surface area contributed by atoms with Gasteiger partial charge in [-0.1, -0.05) is 30.5 Å². The number of benzene rings is 1. The zero-order valence-electron chi connectivity index (χ0n) is 12.6. The number of rotatable bonds is 3. The number of hydrogen-bond acceptors (Lipinski definition) is 2. The van der Waals surface area contributed by atoms with E-state index in [9.17, 15) is 0 Å². The molecule has 0 aliphatic heterocycles. The molecule has 0 atom stereocenters. The minimum Gasteiger partial charge on any atom is -0.325 e. The molecular weight excluding hydrogens is 246 g/mol. The molecule has 1 aromatic carbocycles. The van der Waals surface area contributed by atoms with Crippen molar-refractivity contribution < 1.29 is 0 Å². The zero-order chi connectivity index (χ0) is 14.1. The van der Waals surface area contributed by atoms with Gasteiger partial charge in [0.25, 0.3) is 0 Å². The summed E-state index contributed by atoms with van der Waals surface area (Å²) >= 11 is 0. The molecule has 1 heterocycles. The highest BCUT2D eigenvalue weighted by molar-refractivity contribution is 5.64. The van der Waals surface area contributed by atoms with E-state index in [2.05, 4.69) is 54.0 Å². The Morgan fingerprint density at radius 2 is 1.75 bits per heavy atom. The Balaban J connectivity index is 1.90. The molecule has 0 amide bonds. The quantitative estimate of drug-likeness (QED) is 0.877. The van der Waals surface area contributed by atoms with Crippen molar-refractivity contribution in [2.45, 2.75) is 52.5 Å². The van der Waals surface area contributed by atoms with Crippen molar-refractivity contribution in [3.05, 3.63) is 41.2 Å². The second-order valence-corrected chi connectivity index (χ2v) is 6.00. The summed E-state index contributed by atoms with van der Waals surface area (Å²) in [6.45, 7) is 6.46. The average Bonchev–Trinajstić information content (AvgIpc) is 3.04. The summed E-state index contributed by atoms with van der Waals surface area (Å²) in [7, 11) is 0. The van der Waals surface area contributed by atoms with Crippen LogP contribution in [0.25, 0.3) is 0 Å². The summed E-state index contributed by atoms with van der Waals surface area (Å²) in [4.78, 5) is 4.51. The monoisotopic (exact) mass is 269 g/mol. The van der Waals surface area contributed by atoms with Crippen LogP contribution in [0.3, 0.4) is 0 Å². The van der Waals surface area contributed by atoms with E-state index in [1.165, 1.54) is 48.1 Å². The third-order valence-corrected chi connectivity index (χ3v) is 4.30. The van der Waals surface area contributed by atoms with E-state index in [1.54, 1.807) is 0 Å². The molecule has 1 fully saturated rings. The summed E-state index contributed by atoms with van der Waals surface area (Å²) in [5.41, 5.74) is 5.07. The van der Waals surface area contributed by atoms with Gasteiger partial charge in [-0.05, 0) is 44.7 Å². The van der Waals surface area contributed by atoms with Crippen LogP contribution in [0.1, 0.15) is 48.4 Å². The van der Waals surface area contributed by atoms with E-state index in [1.807, 2.05) is 6.20 Å². The van der Waals surface area contributed by atoms with Crippen molar-refractivity contribution in [3.63, 3.8) is 0 Å². The Labute approximate surface area is 121 Å². The smallest absolute Gasteiger partial charge is 0.207 e. The Morgan fingerprint density at radius 3 is 2.40 bits per heavy atom. The van der Waals surface area contributed by atoms with Gasteiger partial charge in [-0.25, -0.2) is 4.98 Å². The molecule has 1 aliphatic rings. The molecule has 0 bridgehead atoms. The van der Waals surface area contributed by atoms with E-state index in [0.717, 1.165) is 5.95 Å². The van der Waals surface area contributed by atoms with Gasteiger partial charge < -0.3 is 9.88 Å². The first-order valence-corrected chi connectivity index (χ1v) is 7.53. The lowest BCUT2D eigenvalue weighted by Gasteiger charge is -2.18. The van der Waals surface area contributed by atoms with Crippen molar-refractivity contribution in [2.75, 3.05) is 5.32 Å². The average molecular weight is 269 g/mol. The number of nitrogens with one attached hydrogen (secondary N) is 1. The maximum atomic E-state index is 4.51. The van der Waals surface area contributed by atoms with Crippen molar-refractivity contribution in [2.24, 2.45) is 0 Å². The number of hydrogen-bond donors (Lipinski definition) is 1. The van der Waals surface area contributed by atoms with Gasteiger partial charge in [0.1, 0.15) is 0 Å². The van der Waals surface area contributed by atoms with E-state index >= 15 is 0 Å². The van der Waals surface area contributed by atoms with Crippen LogP contribution in [0.4, 0.5) is 11.6 Å². The fourth-order valence-corrected chi connectivity index (χ4v) is 3.38.